The molecule has 298 valence electrons. The zero-order valence-electron chi connectivity index (χ0n) is 33.6. The van der Waals surface area contributed by atoms with E-state index in [1.165, 1.54) is 6.07 Å². The minimum Gasteiger partial charge on any atom is -0.308 e. The average molecular weight is 817 g/mol. The van der Waals surface area contributed by atoms with Gasteiger partial charge in [0.25, 0.3) is 0 Å². The number of para-hydroxylation sites is 2. The molecule has 0 radical (unpaired) electrons. The summed E-state index contributed by atoms with van der Waals surface area (Å²) >= 11 is 0. The molecule has 0 saturated heterocycles. The van der Waals surface area contributed by atoms with Gasteiger partial charge in [-0.3, -0.25) is 0 Å². The van der Waals surface area contributed by atoms with Crippen LogP contribution in [0.4, 0.5) is 13.2 Å². The van der Waals surface area contributed by atoms with E-state index in [2.05, 4.69) is 36.0 Å². The van der Waals surface area contributed by atoms with E-state index >= 15 is 0 Å². The number of fused-ring (bicyclic) bond motifs is 6. The molecular formula is C49H31F3N10. The number of hydrogen-bond donors (Lipinski definition) is 0. The first-order valence-corrected chi connectivity index (χ1v) is 19.6. The molecule has 6 aromatic carbocycles. The Kier molecular flexibility index (Phi) is 8.68. The van der Waals surface area contributed by atoms with Gasteiger partial charge in [-0.2, -0.15) is 23.7 Å². The molecule has 0 fully saturated rings. The molecule has 0 atom stereocenters. The van der Waals surface area contributed by atoms with Crippen LogP contribution in [0.25, 0.3) is 88.9 Å². The van der Waals surface area contributed by atoms with Gasteiger partial charge in [-0.05, 0) is 106 Å². The maximum absolute atomic E-state index is 14.5. The predicted molar refractivity (Wildman–Crippen MR) is 232 cm³/mol. The molecule has 0 saturated carbocycles. The first-order chi connectivity index (χ1) is 29.9. The Morgan fingerprint density at radius 1 is 0.484 bits per heavy atom. The third kappa shape index (κ3) is 6.18. The standard InChI is InChI=1S/C49H31F3N10/c1-26-55-27(2)58-47(57-26)31-13-16-43-38(22-31)36-9-5-7-11-41(36)61(43)45-18-15-35(33-19-30(24-53)20-34(21-33)49(50,51)52)46(40(45)25-54)62-42-12-8-6-10-37(42)39-23-32(14-17-44(39)62)48-59-28(3)56-29(4)60-48/h5-23H,1-4H3. The minimum atomic E-state index is -4.74. The molecule has 13 heteroatoms. The van der Waals surface area contributed by atoms with Gasteiger partial charge in [0.05, 0.1) is 50.6 Å². The number of benzene rings is 6. The van der Waals surface area contributed by atoms with E-state index in [1.54, 1.807) is 26.0 Å². The first-order valence-electron chi connectivity index (χ1n) is 19.6. The van der Waals surface area contributed by atoms with Crippen LogP contribution in [-0.2, 0) is 6.18 Å². The number of aromatic nitrogens is 8. The summed E-state index contributed by atoms with van der Waals surface area (Å²) in [5, 5.41) is 24.9. The molecule has 10 nitrogen and oxygen atoms in total. The third-order valence-corrected chi connectivity index (χ3v) is 11.0. The largest absolute Gasteiger partial charge is 0.416 e. The zero-order chi connectivity index (χ0) is 43.0. The Morgan fingerprint density at radius 2 is 0.984 bits per heavy atom. The second kappa shape index (κ2) is 14.2. The molecule has 4 aromatic heterocycles. The van der Waals surface area contributed by atoms with Gasteiger partial charge in [-0.25, -0.2) is 29.9 Å². The molecule has 0 amide bonds. The molecule has 0 spiro atoms. The maximum Gasteiger partial charge on any atom is 0.416 e. The fourth-order valence-corrected chi connectivity index (χ4v) is 8.57. The van der Waals surface area contributed by atoms with E-state index in [1.807, 2.05) is 114 Å². The lowest BCUT2D eigenvalue weighted by Crippen LogP contribution is -2.08. The molecule has 0 aliphatic rings. The predicted octanol–water partition coefficient (Wildman–Crippen LogP) is 11.2. The highest BCUT2D eigenvalue weighted by atomic mass is 19.4. The maximum atomic E-state index is 14.5. The molecule has 10 aromatic rings. The molecule has 0 N–H and O–H groups in total. The fourth-order valence-electron chi connectivity index (χ4n) is 8.57. The molecular weight excluding hydrogens is 786 g/mol. The van der Waals surface area contributed by atoms with Crippen LogP contribution in [0.3, 0.4) is 0 Å². The lowest BCUT2D eigenvalue weighted by Gasteiger charge is -2.20. The highest BCUT2D eigenvalue weighted by Gasteiger charge is 2.32. The first kappa shape index (κ1) is 37.9. The monoisotopic (exact) mass is 816 g/mol. The van der Waals surface area contributed by atoms with Crippen molar-refractivity contribution in [2.75, 3.05) is 0 Å². The number of aryl methyl sites for hydroxylation is 4. The van der Waals surface area contributed by atoms with Gasteiger partial charge in [0.2, 0.25) is 0 Å². The molecule has 0 bridgehead atoms. The van der Waals surface area contributed by atoms with Crippen molar-refractivity contribution in [1.82, 2.24) is 39.0 Å². The van der Waals surface area contributed by atoms with Gasteiger partial charge < -0.3 is 9.13 Å². The second-order valence-corrected chi connectivity index (χ2v) is 15.1. The molecule has 0 aliphatic heterocycles. The lowest BCUT2D eigenvalue weighted by molar-refractivity contribution is -0.137. The number of nitrogens with zero attached hydrogens (tertiary/aromatic N) is 10. The molecule has 0 aliphatic carbocycles. The quantitative estimate of drug-likeness (QED) is 0.168. The highest BCUT2D eigenvalue weighted by molar-refractivity contribution is 6.12. The Labute approximate surface area is 351 Å². The second-order valence-electron chi connectivity index (χ2n) is 15.1. The van der Waals surface area contributed by atoms with E-state index in [0.29, 0.717) is 62.9 Å². The average Bonchev–Trinajstić information content (AvgIpc) is 3.76. The van der Waals surface area contributed by atoms with Crippen molar-refractivity contribution in [3.05, 3.63) is 155 Å². The Balaban J connectivity index is 1.31. The van der Waals surface area contributed by atoms with Gasteiger partial charge in [-0.15, -0.1) is 0 Å². The summed E-state index contributed by atoms with van der Waals surface area (Å²) in [6, 6.07) is 38.4. The number of halogens is 3. The van der Waals surface area contributed by atoms with Gasteiger partial charge in [-0.1, -0.05) is 42.5 Å². The summed E-state index contributed by atoms with van der Waals surface area (Å²) in [6.07, 6.45) is -4.74. The zero-order valence-corrected chi connectivity index (χ0v) is 33.6. The van der Waals surface area contributed by atoms with E-state index < -0.39 is 11.7 Å². The van der Waals surface area contributed by atoms with Crippen LogP contribution in [0.5, 0.6) is 0 Å². The van der Waals surface area contributed by atoms with Crippen LogP contribution in [0.2, 0.25) is 0 Å². The van der Waals surface area contributed by atoms with Crippen molar-refractivity contribution in [1.29, 1.82) is 10.5 Å². The summed E-state index contributed by atoms with van der Waals surface area (Å²) in [4.78, 5) is 27.1. The topological polar surface area (TPSA) is 135 Å². The van der Waals surface area contributed by atoms with Crippen molar-refractivity contribution in [2.45, 2.75) is 33.9 Å². The highest BCUT2D eigenvalue weighted by Crippen LogP contribution is 2.44. The Bertz CT molecular complexity index is 3570. The normalized spacial score (nSPS) is 11.8. The summed E-state index contributed by atoms with van der Waals surface area (Å²) in [6.45, 7) is 7.25. The van der Waals surface area contributed by atoms with Crippen molar-refractivity contribution >= 4 is 43.6 Å². The van der Waals surface area contributed by atoms with E-state index in [9.17, 15) is 23.7 Å². The minimum absolute atomic E-state index is 0.128. The summed E-state index contributed by atoms with van der Waals surface area (Å²) in [7, 11) is 0. The number of alkyl halides is 3. The van der Waals surface area contributed by atoms with Crippen LogP contribution in [-0.4, -0.2) is 39.0 Å². The third-order valence-electron chi connectivity index (χ3n) is 11.0. The SMILES string of the molecule is Cc1nc(C)nc(-c2ccc3c(c2)c2ccccc2n3-c2ccc(-c3cc(C#N)cc(C(F)(F)F)c3)c(-n3c4ccccc4c4cc(-c5nc(C)nc(C)n5)ccc43)c2C#N)n1. The van der Waals surface area contributed by atoms with Crippen molar-refractivity contribution in [2.24, 2.45) is 0 Å². The van der Waals surface area contributed by atoms with Gasteiger partial charge in [0.1, 0.15) is 34.9 Å². The lowest BCUT2D eigenvalue weighted by atomic mass is 9.95. The van der Waals surface area contributed by atoms with E-state index in [4.69, 9.17) is 0 Å². The van der Waals surface area contributed by atoms with Crippen LogP contribution in [0.1, 0.15) is 40.0 Å². The summed E-state index contributed by atoms with van der Waals surface area (Å²) in [5.41, 5.74) is 4.88. The number of hydrogen-bond acceptors (Lipinski definition) is 8. The van der Waals surface area contributed by atoms with Gasteiger partial charge in [0.15, 0.2) is 11.6 Å². The summed E-state index contributed by atoms with van der Waals surface area (Å²) < 4.78 is 47.4. The molecule has 62 heavy (non-hydrogen) atoms. The van der Waals surface area contributed by atoms with Crippen LogP contribution < -0.4 is 0 Å². The number of rotatable bonds is 5. The smallest absolute Gasteiger partial charge is 0.308 e. The Morgan fingerprint density at radius 3 is 1.50 bits per heavy atom. The van der Waals surface area contributed by atoms with Crippen LogP contribution in [0.15, 0.2) is 115 Å². The Hall–Kier alpha value is -8.29. The van der Waals surface area contributed by atoms with Crippen molar-refractivity contribution in [3.8, 4) is 57.4 Å². The fraction of sp³-hybridized carbons (Fsp3) is 0.102. The van der Waals surface area contributed by atoms with Gasteiger partial charge >= 0.3 is 6.18 Å². The van der Waals surface area contributed by atoms with Gasteiger partial charge in [0, 0.05) is 38.2 Å². The molecule has 10 rings (SSSR count). The van der Waals surface area contributed by atoms with Crippen molar-refractivity contribution < 1.29 is 13.2 Å². The summed E-state index contributed by atoms with van der Waals surface area (Å²) in [5.74, 6) is 3.38. The van der Waals surface area contributed by atoms with Crippen LogP contribution in [0, 0.1) is 50.4 Å². The number of nitriles is 2. The van der Waals surface area contributed by atoms with E-state index in [0.717, 1.165) is 55.8 Å². The molecule has 0 unspecified atom stereocenters. The van der Waals surface area contributed by atoms with Crippen molar-refractivity contribution in [3.63, 3.8) is 0 Å². The molecule has 4 heterocycles. The van der Waals surface area contributed by atoms with E-state index in [-0.39, 0.29) is 16.7 Å². The van der Waals surface area contributed by atoms with Crippen LogP contribution >= 0.6 is 0 Å².